The van der Waals surface area contributed by atoms with E-state index in [1.54, 1.807) is 30.3 Å². The summed E-state index contributed by atoms with van der Waals surface area (Å²) in [6.45, 7) is 2.60. The summed E-state index contributed by atoms with van der Waals surface area (Å²) in [5.74, 6) is -2.00. The fraction of sp³-hybridized carbons (Fsp3) is 0.150. The Labute approximate surface area is 174 Å². The molecule has 0 aromatic heterocycles. The van der Waals surface area contributed by atoms with E-state index in [-0.39, 0.29) is 16.3 Å². The number of nitrogens with two attached hydrogens (primary N) is 1. The third-order valence-electron chi connectivity index (χ3n) is 3.74. The standard InChI is InChI=1S/C20H21N3O6S/c1-13(19(25)23-16-8-10-17(11-9-16)30(21,27)28)29-20(26)18(22-14(2)24)12-15-6-4-3-5-7-15/h3-13H,1-2H3,(H,22,24)(H,23,25)(H2,21,27,28). The lowest BCUT2D eigenvalue weighted by Crippen LogP contribution is -2.33. The van der Waals surface area contributed by atoms with Crippen LogP contribution in [0.1, 0.15) is 19.4 Å². The summed E-state index contributed by atoms with van der Waals surface area (Å²) in [5, 5.41) is 9.91. The first-order valence-corrected chi connectivity index (χ1v) is 10.3. The monoisotopic (exact) mass is 431 g/mol. The molecule has 1 atom stereocenters. The third-order valence-corrected chi connectivity index (χ3v) is 4.67. The Morgan fingerprint density at radius 1 is 1.03 bits per heavy atom. The topological polar surface area (TPSA) is 145 Å². The maximum absolute atomic E-state index is 12.4. The highest BCUT2D eigenvalue weighted by Crippen LogP contribution is 2.14. The highest BCUT2D eigenvalue weighted by Gasteiger charge is 2.21. The quantitative estimate of drug-likeness (QED) is 0.446. The zero-order valence-electron chi connectivity index (χ0n) is 16.3. The molecule has 4 N–H and O–H groups in total. The van der Waals surface area contributed by atoms with Gasteiger partial charge in [-0.2, -0.15) is 0 Å². The van der Waals surface area contributed by atoms with Crippen LogP contribution in [0.25, 0.3) is 6.08 Å². The lowest BCUT2D eigenvalue weighted by Gasteiger charge is -2.15. The summed E-state index contributed by atoms with van der Waals surface area (Å²) in [6.07, 6.45) is 0.240. The number of primary sulfonamides is 1. The molecule has 0 aliphatic carbocycles. The van der Waals surface area contributed by atoms with Crippen molar-refractivity contribution in [1.82, 2.24) is 5.32 Å². The second kappa shape index (κ2) is 9.81. The molecule has 30 heavy (non-hydrogen) atoms. The highest BCUT2D eigenvalue weighted by atomic mass is 32.2. The van der Waals surface area contributed by atoms with Gasteiger partial charge >= 0.3 is 5.97 Å². The second-order valence-electron chi connectivity index (χ2n) is 6.26. The maximum atomic E-state index is 12.4. The van der Waals surface area contributed by atoms with E-state index in [1.807, 2.05) is 0 Å². The van der Waals surface area contributed by atoms with Gasteiger partial charge in [0.1, 0.15) is 5.70 Å². The van der Waals surface area contributed by atoms with E-state index in [9.17, 15) is 22.8 Å². The van der Waals surface area contributed by atoms with Gasteiger partial charge in [0.15, 0.2) is 6.10 Å². The Morgan fingerprint density at radius 2 is 1.63 bits per heavy atom. The number of carbonyl (C=O) groups excluding carboxylic acids is 3. The van der Waals surface area contributed by atoms with Gasteiger partial charge in [-0.25, -0.2) is 18.4 Å². The van der Waals surface area contributed by atoms with E-state index in [1.165, 1.54) is 44.2 Å². The Kier molecular flexibility index (Phi) is 7.45. The molecule has 2 aromatic rings. The van der Waals surface area contributed by atoms with Gasteiger partial charge in [0.2, 0.25) is 15.9 Å². The number of anilines is 1. The van der Waals surface area contributed by atoms with Crippen LogP contribution in [0.4, 0.5) is 5.69 Å². The van der Waals surface area contributed by atoms with Crippen molar-refractivity contribution >= 4 is 39.6 Å². The van der Waals surface area contributed by atoms with Crippen LogP contribution in [0.2, 0.25) is 0 Å². The molecule has 0 aliphatic rings. The SMILES string of the molecule is CC(=O)NC(=Cc1ccccc1)C(=O)OC(C)C(=O)Nc1ccc(S(N)(=O)=O)cc1. The van der Waals surface area contributed by atoms with Crippen molar-refractivity contribution in [2.45, 2.75) is 24.8 Å². The molecule has 0 heterocycles. The van der Waals surface area contributed by atoms with Gasteiger partial charge < -0.3 is 15.4 Å². The largest absolute Gasteiger partial charge is 0.448 e. The summed E-state index contributed by atoms with van der Waals surface area (Å²) < 4.78 is 27.7. The van der Waals surface area contributed by atoms with Crippen molar-refractivity contribution in [3.05, 3.63) is 65.9 Å². The Morgan fingerprint density at radius 3 is 2.17 bits per heavy atom. The van der Waals surface area contributed by atoms with E-state index in [2.05, 4.69) is 10.6 Å². The predicted octanol–water partition coefficient (Wildman–Crippen LogP) is 1.38. The molecule has 9 nitrogen and oxygen atoms in total. The Hall–Kier alpha value is -3.50. The van der Waals surface area contributed by atoms with Crippen LogP contribution >= 0.6 is 0 Å². The first kappa shape index (κ1) is 22.8. The minimum Gasteiger partial charge on any atom is -0.448 e. The van der Waals surface area contributed by atoms with Gasteiger partial charge in [0.05, 0.1) is 4.90 Å². The molecule has 0 spiro atoms. The molecule has 0 aliphatic heterocycles. The first-order chi connectivity index (χ1) is 14.1. The molecule has 158 valence electrons. The molecule has 2 amide bonds. The number of ether oxygens (including phenoxy) is 1. The number of esters is 1. The Bertz CT molecular complexity index is 1060. The molecule has 0 saturated heterocycles. The molecule has 2 aromatic carbocycles. The number of hydrogen-bond donors (Lipinski definition) is 3. The van der Waals surface area contributed by atoms with Crippen molar-refractivity contribution in [3.63, 3.8) is 0 Å². The molecular weight excluding hydrogens is 410 g/mol. The number of benzene rings is 2. The zero-order chi connectivity index (χ0) is 22.3. The number of nitrogens with one attached hydrogen (secondary N) is 2. The van der Waals surface area contributed by atoms with E-state index in [4.69, 9.17) is 9.88 Å². The molecule has 1 unspecified atom stereocenters. The van der Waals surface area contributed by atoms with E-state index < -0.39 is 33.9 Å². The van der Waals surface area contributed by atoms with Crippen molar-refractivity contribution in [1.29, 1.82) is 0 Å². The molecule has 2 rings (SSSR count). The van der Waals surface area contributed by atoms with Gasteiger partial charge in [0.25, 0.3) is 5.91 Å². The average molecular weight is 431 g/mol. The van der Waals surface area contributed by atoms with Crippen LogP contribution < -0.4 is 15.8 Å². The number of amides is 2. The lowest BCUT2D eigenvalue weighted by molar-refractivity contribution is -0.149. The average Bonchev–Trinajstić information content (AvgIpc) is 2.67. The molecule has 0 radical (unpaired) electrons. The number of rotatable bonds is 7. The minimum atomic E-state index is -3.85. The fourth-order valence-electron chi connectivity index (χ4n) is 2.30. The van der Waals surface area contributed by atoms with E-state index in [0.29, 0.717) is 5.56 Å². The Balaban J connectivity index is 2.07. The normalized spacial score (nSPS) is 12.6. The molecule has 0 bridgehead atoms. The lowest BCUT2D eigenvalue weighted by atomic mass is 10.2. The summed E-state index contributed by atoms with van der Waals surface area (Å²) in [4.78, 5) is 36.0. The molecule has 0 fully saturated rings. The van der Waals surface area contributed by atoms with Gasteiger partial charge in [-0.05, 0) is 42.8 Å². The van der Waals surface area contributed by atoms with Crippen molar-refractivity contribution in [2.75, 3.05) is 5.32 Å². The van der Waals surface area contributed by atoms with Crippen LogP contribution in [0.15, 0.2) is 65.2 Å². The summed E-state index contributed by atoms with van der Waals surface area (Å²) in [5.41, 5.74) is 0.827. The molecule has 10 heteroatoms. The fourth-order valence-corrected chi connectivity index (χ4v) is 2.82. The summed E-state index contributed by atoms with van der Waals surface area (Å²) in [7, 11) is -3.85. The van der Waals surface area contributed by atoms with Crippen molar-refractivity contribution in [2.24, 2.45) is 5.14 Å². The number of hydrogen-bond acceptors (Lipinski definition) is 6. The zero-order valence-corrected chi connectivity index (χ0v) is 17.1. The first-order valence-electron chi connectivity index (χ1n) is 8.75. The van der Waals surface area contributed by atoms with Crippen LogP contribution in [-0.2, 0) is 29.1 Å². The minimum absolute atomic E-state index is 0.106. The van der Waals surface area contributed by atoms with Crippen LogP contribution in [0.3, 0.4) is 0 Å². The third kappa shape index (κ3) is 6.83. The van der Waals surface area contributed by atoms with Crippen LogP contribution in [-0.4, -0.2) is 32.3 Å². The molecular formula is C20H21N3O6S. The van der Waals surface area contributed by atoms with Gasteiger partial charge in [-0.3, -0.25) is 9.59 Å². The van der Waals surface area contributed by atoms with Crippen molar-refractivity contribution < 1.29 is 27.5 Å². The van der Waals surface area contributed by atoms with Gasteiger partial charge in [-0.1, -0.05) is 30.3 Å². The van der Waals surface area contributed by atoms with E-state index >= 15 is 0 Å². The van der Waals surface area contributed by atoms with Gasteiger partial charge in [0, 0.05) is 12.6 Å². The van der Waals surface area contributed by atoms with Crippen LogP contribution in [0.5, 0.6) is 0 Å². The summed E-state index contributed by atoms with van der Waals surface area (Å²) in [6, 6.07) is 14.0. The smallest absolute Gasteiger partial charge is 0.355 e. The van der Waals surface area contributed by atoms with Crippen LogP contribution in [0, 0.1) is 0 Å². The van der Waals surface area contributed by atoms with Gasteiger partial charge in [-0.15, -0.1) is 0 Å². The second-order valence-corrected chi connectivity index (χ2v) is 7.82. The summed E-state index contributed by atoms with van der Waals surface area (Å²) >= 11 is 0. The predicted molar refractivity (Wildman–Crippen MR) is 110 cm³/mol. The number of carbonyl (C=O) groups is 3. The van der Waals surface area contributed by atoms with Crippen molar-refractivity contribution in [3.8, 4) is 0 Å². The van der Waals surface area contributed by atoms with E-state index in [0.717, 1.165) is 0 Å². The maximum Gasteiger partial charge on any atom is 0.355 e. The molecule has 0 saturated carbocycles. The highest BCUT2D eigenvalue weighted by molar-refractivity contribution is 7.89. The number of sulfonamides is 1.